The first kappa shape index (κ1) is 15.0. The zero-order valence-electron chi connectivity index (χ0n) is 10.0. The van der Waals surface area contributed by atoms with Gasteiger partial charge in [-0.05, 0) is 13.3 Å². The van der Waals surface area contributed by atoms with Crippen LogP contribution in [0.2, 0.25) is 0 Å². The molecule has 5 nitrogen and oxygen atoms in total. The van der Waals surface area contributed by atoms with Crippen LogP contribution in [0.4, 0.5) is 0 Å². The number of nitrogens with zero attached hydrogens (tertiary/aromatic N) is 1. The molecule has 0 aromatic carbocycles. The van der Waals surface area contributed by atoms with E-state index in [2.05, 4.69) is 15.9 Å². The zero-order valence-corrected chi connectivity index (χ0v) is 10.8. The van der Waals surface area contributed by atoms with E-state index in [4.69, 9.17) is 14.6 Å². The molecule has 0 bridgehead atoms. The lowest BCUT2D eigenvalue weighted by Crippen LogP contribution is -2.29. The molecular weight excluding hydrogens is 228 g/mol. The normalized spacial score (nSPS) is 11.5. The van der Waals surface area contributed by atoms with Crippen LogP contribution in [-0.4, -0.2) is 24.3 Å². The first-order valence-electron chi connectivity index (χ1n) is 4.90. The number of aliphatic carboxylic acids is 1. The van der Waals surface area contributed by atoms with E-state index in [9.17, 15) is 0 Å². The van der Waals surface area contributed by atoms with Gasteiger partial charge < -0.3 is 14.6 Å². The van der Waals surface area contributed by atoms with Crippen molar-refractivity contribution in [3.8, 4) is 0 Å². The number of carboxylic acids is 1. The fourth-order valence-electron chi connectivity index (χ4n) is 1.20. The van der Waals surface area contributed by atoms with Crippen molar-refractivity contribution in [3.63, 3.8) is 0 Å². The standard InChI is InChI=1S/C8H14N2OS.C2H4O2/c1-4-7(11-2)8-9-5-6-10(8)12-3;1-2(3)4/h5-7H,4H2,1-3H3;1H3,(H,3,4). The molecule has 1 aromatic rings. The third-order valence-corrected chi connectivity index (χ3v) is 2.55. The Balaban J connectivity index is 0.000000487. The van der Waals surface area contributed by atoms with Crippen molar-refractivity contribution < 1.29 is 18.6 Å². The van der Waals surface area contributed by atoms with Crippen molar-refractivity contribution in [1.29, 1.82) is 0 Å². The second-order valence-electron chi connectivity index (χ2n) is 2.98. The molecule has 1 rings (SSSR count). The van der Waals surface area contributed by atoms with Crippen LogP contribution < -0.4 is 9.08 Å². The van der Waals surface area contributed by atoms with Crippen LogP contribution in [0.25, 0.3) is 0 Å². The van der Waals surface area contributed by atoms with Gasteiger partial charge in [-0.3, -0.25) is 0 Å². The third kappa shape index (κ3) is 5.18. The van der Waals surface area contributed by atoms with Crippen LogP contribution in [0, 0.1) is 0 Å². The summed E-state index contributed by atoms with van der Waals surface area (Å²) in [5, 5.41) is 8.89. The van der Waals surface area contributed by atoms with E-state index >= 15 is 0 Å². The molecule has 0 saturated heterocycles. The average Bonchev–Trinajstić information content (AvgIpc) is 2.67. The second kappa shape index (κ2) is 8.18. The zero-order chi connectivity index (χ0) is 12.6. The van der Waals surface area contributed by atoms with Crippen LogP contribution in [-0.2, 0) is 9.53 Å². The topological polar surface area (TPSA) is 69.0 Å². The van der Waals surface area contributed by atoms with Gasteiger partial charge in [0, 0.05) is 19.3 Å². The second-order valence-corrected chi connectivity index (χ2v) is 3.74. The predicted octanol–water partition coefficient (Wildman–Crippen LogP) is 0.282. The summed E-state index contributed by atoms with van der Waals surface area (Å²) in [4.78, 5) is 12.1. The fourth-order valence-corrected chi connectivity index (χ4v) is 1.75. The lowest BCUT2D eigenvalue weighted by Gasteiger charge is -2.07. The largest absolute Gasteiger partial charge is 0.550 e. The minimum Gasteiger partial charge on any atom is -0.550 e. The molecule has 0 aliphatic rings. The monoisotopic (exact) mass is 246 g/mol. The van der Waals surface area contributed by atoms with Crippen molar-refractivity contribution in [2.24, 2.45) is 0 Å². The summed E-state index contributed by atoms with van der Waals surface area (Å²) in [6.07, 6.45) is 7.12. The van der Waals surface area contributed by atoms with Gasteiger partial charge in [-0.1, -0.05) is 6.92 Å². The Morgan fingerprint density at radius 3 is 2.69 bits per heavy atom. The molecule has 0 radical (unpaired) electrons. The molecule has 1 atom stereocenters. The van der Waals surface area contributed by atoms with E-state index in [0.29, 0.717) is 0 Å². The maximum atomic E-state index is 8.89. The van der Waals surface area contributed by atoms with Gasteiger partial charge in [-0.25, -0.2) is 4.98 Å². The quantitative estimate of drug-likeness (QED) is 0.775. The molecule has 0 spiro atoms. The number of rotatable bonds is 4. The molecular formula is C10H18N2O3S. The van der Waals surface area contributed by atoms with Gasteiger partial charge in [-0.15, -0.1) is 0 Å². The number of imidazole rings is 1. The number of hydrogen-bond donors (Lipinski definition) is 1. The third-order valence-electron chi connectivity index (χ3n) is 1.84. The number of carboxylic acid groups (broad SMARTS) is 1. The lowest BCUT2D eigenvalue weighted by molar-refractivity contribution is -0.509. The summed E-state index contributed by atoms with van der Waals surface area (Å²) in [7, 11) is 1.74. The number of carbonyl (C=O) groups excluding carboxylic acids is 1. The Morgan fingerprint density at radius 1 is 1.75 bits per heavy atom. The number of aromatic nitrogens is 2. The summed E-state index contributed by atoms with van der Waals surface area (Å²) >= 11 is 1.67. The van der Waals surface area contributed by atoms with E-state index in [1.165, 1.54) is 0 Å². The Hall–Kier alpha value is -1.01. The van der Waals surface area contributed by atoms with Gasteiger partial charge in [0.05, 0.1) is 11.9 Å². The van der Waals surface area contributed by atoms with Crippen molar-refractivity contribution in [3.05, 3.63) is 18.2 Å². The molecule has 92 valence electrons. The van der Waals surface area contributed by atoms with E-state index in [-0.39, 0.29) is 6.10 Å². The summed E-state index contributed by atoms with van der Waals surface area (Å²) in [6, 6.07) is 0. The molecule has 1 N–H and O–H groups in total. The minimum atomic E-state index is -1.08. The Labute approximate surface area is 100.0 Å². The lowest BCUT2D eigenvalue weighted by atomic mass is 10.3. The van der Waals surface area contributed by atoms with E-state index < -0.39 is 5.97 Å². The predicted molar refractivity (Wildman–Crippen MR) is 60.6 cm³/mol. The first-order valence-corrected chi connectivity index (χ1v) is 6.08. The molecule has 1 heterocycles. The number of ether oxygens (including phenoxy) is 1. The number of H-pyrrole nitrogens is 1. The maximum Gasteiger partial charge on any atom is 0.295 e. The molecule has 0 fully saturated rings. The van der Waals surface area contributed by atoms with Crippen LogP contribution in [0.15, 0.2) is 12.4 Å². The minimum absolute atomic E-state index is 0.174. The fraction of sp³-hybridized carbons (Fsp3) is 0.600. The smallest absolute Gasteiger partial charge is 0.295 e. The van der Waals surface area contributed by atoms with Crippen LogP contribution in [0.1, 0.15) is 32.2 Å². The summed E-state index contributed by atoms with van der Waals surface area (Å²) in [5.41, 5.74) is 0. The maximum absolute atomic E-state index is 8.89. The molecule has 0 amide bonds. The van der Waals surface area contributed by atoms with Crippen molar-refractivity contribution in [1.82, 2.24) is 4.98 Å². The number of methoxy groups -OCH3 is 1. The van der Waals surface area contributed by atoms with Crippen molar-refractivity contribution >= 4 is 17.9 Å². The SMILES string of the molecule is CC(=O)[O-].CCC(OC)c1[nH]cc[n+]1SC. The first-order chi connectivity index (χ1) is 7.56. The van der Waals surface area contributed by atoms with E-state index in [1.54, 1.807) is 19.1 Å². The molecule has 0 saturated carbocycles. The van der Waals surface area contributed by atoms with Gasteiger partial charge in [-0.2, -0.15) is 3.97 Å². The highest BCUT2D eigenvalue weighted by molar-refractivity contribution is 7.92. The van der Waals surface area contributed by atoms with Crippen molar-refractivity contribution in [2.45, 2.75) is 26.4 Å². The highest BCUT2D eigenvalue weighted by Crippen LogP contribution is 2.14. The molecule has 1 unspecified atom stereocenters. The van der Waals surface area contributed by atoms with E-state index in [0.717, 1.165) is 19.2 Å². The number of hydrogen-bond acceptors (Lipinski definition) is 4. The summed E-state index contributed by atoms with van der Waals surface area (Å²) in [5.74, 6) is 0.0347. The summed E-state index contributed by atoms with van der Waals surface area (Å²) in [6.45, 7) is 3.08. The Kier molecular flexibility index (Phi) is 7.66. The van der Waals surface area contributed by atoms with Gasteiger partial charge >= 0.3 is 0 Å². The number of nitrogens with one attached hydrogen (secondary N) is 1. The number of aromatic amines is 1. The van der Waals surface area contributed by atoms with Gasteiger partial charge in [0.25, 0.3) is 5.82 Å². The molecule has 0 aliphatic carbocycles. The molecule has 16 heavy (non-hydrogen) atoms. The average molecular weight is 246 g/mol. The van der Waals surface area contributed by atoms with Gasteiger partial charge in [0.1, 0.15) is 12.4 Å². The molecule has 1 aromatic heterocycles. The molecule has 0 aliphatic heterocycles. The molecule has 6 heteroatoms. The highest BCUT2D eigenvalue weighted by Gasteiger charge is 2.20. The van der Waals surface area contributed by atoms with Crippen LogP contribution >= 0.6 is 11.9 Å². The Bertz CT molecular complexity index is 307. The highest BCUT2D eigenvalue weighted by atomic mass is 32.2. The van der Waals surface area contributed by atoms with Crippen molar-refractivity contribution in [2.75, 3.05) is 13.4 Å². The van der Waals surface area contributed by atoms with E-state index in [1.807, 2.05) is 18.6 Å². The van der Waals surface area contributed by atoms with Gasteiger partial charge in [0.2, 0.25) is 0 Å². The van der Waals surface area contributed by atoms with Crippen LogP contribution in [0.3, 0.4) is 0 Å². The Morgan fingerprint density at radius 2 is 2.31 bits per heavy atom. The van der Waals surface area contributed by atoms with Crippen LogP contribution in [0.5, 0.6) is 0 Å². The summed E-state index contributed by atoms with van der Waals surface area (Å²) < 4.78 is 7.40. The van der Waals surface area contributed by atoms with Gasteiger partial charge in [0.15, 0.2) is 6.10 Å². The number of carbonyl (C=O) groups is 1.